The minimum absolute atomic E-state index is 0.0174. The van der Waals surface area contributed by atoms with E-state index < -0.39 is 0 Å². The Kier molecular flexibility index (Phi) is 11.3. The van der Waals surface area contributed by atoms with Crippen molar-refractivity contribution in [1.82, 2.24) is 9.80 Å². The van der Waals surface area contributed by atoms with E-state index >= 15 is 0 Å². The van der Waals surface area contributed by atoms with Crippen LogP contribution in [-0.4, -0.2) is 47.9 Å². The molecule has 1 aromatic heterocycles. The molecule has 0 radical (unpaired) electrons. The van der Waals surface area contributed by atoms with Gasteiger partial charge in [-0.1, -0.05) is 43.7 Å². The topological polar surface area (TPSA) is 49.9 Å². The highest BCUT2D eigenvalue weighted by atomic mass is 32.1. The third kappa shape index (κ3) is 9.23. The maximum Gasteiger partial charge on any atom is 0.242 e. The predicted octanol–water partition coefficient (Wildman–Crippen LogP) is 5.03. The Morgan fingerprint density at radius 3 is 2.35 bits per heavy atom. The molecule has 6 heteroatoms. The number of unbranched alkanes of at least 4 members (excludes halogenated alkanes) is 1. The van der Waals surface area contributed by atoms with E-state index in [4.69, 9.17) is 4.74 Å². The molecule has 0 atom stereocenters. The number of carbonyl (C=O) groups is 2. The van der Waals surface area contributed by atoms with E-state index in [-0.39, 0.29) is 18.4 Å². The number of nitrogens with zero attached hydrogens (tertiary/aromatic N) is 2. The van der Waals surface area contributed by atoms with Gasteiger partial charge in [-0.2, -0.15) is 0 Å². The smallest absolute Gasteiger partial charge is 0.242 e. The van der Waals surface area contributed by atoms with Crippen LogP contribution in [0.1, 0.15) is 54.8 Å². The van der Waals surface area contributed by atoms with Crippen molar-refractivity contribution >= 4 is 23.2 Å². The van der Waals surface area contributed by atoms with Gasteiger partial charge in [0.2, 0.25) is 11.8 Å². The lowest BCUT2D eigenvalue weighted by Crippen LogP contribution is -2.43. The molecule has 0 bridgehead atoms. The Balaban J connectivity index is 2.10. The molecular weight excluding hydrogens is 408 g/mol. The highest BCUT2D eigenvalue weighted by Gasteiger charge is 2.22. The van der Waals surface area contributed by atoms with Gasteiger partial charge in [-0.15, -0.1) is 11.3 Å². The van der Waals surface area contributed by atoms with Crippen LogP contribution in [0.4, 0.5) is 0 Å². The van der Waals surface area contributed by atoms with Crippen molar-refractivity contribution in [2.75, 3.05) is 26.3 Å². The second-order valence-electron chi connectivity index (χ2n) is 7.72. The fraction of sp³-hybridized carbons (Fsp3) is 0.520. The first-order valence-corrected chi connectivity index (χ1v) is 12.1. The van der Waals surface area contributed by atoms with Gasteiger partial charge in [0.25, 0.3) is 0 Å². The summed E-state index contributed by atoms with van der Waals surface area (Å²) in [7, 11) is 0. The molecule has 0 aliphatic carbocycles. The molecule has 0 fully saturated rings. The number of ether oxygens (including phenoxy) is 1. The Hall–Kier alpha value is -2.18. The number of benzene rings is 1. The lowest BCUT2D eigenvalue weighted by atomic mass is 10.2. The quantitative estimate of drug-likeness (QED) is 0.384. The summed E-state index contributed by atoms with van der Waals surface area (Å²) in [6.07, 6.45) is 3.03. The van der Waals surface area contributed by atoms with Crippen LogP contribution in [-0.2, 0) is 27.4 Å². The van der Waals surface area contributed by atoms with Gasteiger partial charge >= 0.3 is 0 Å². The first-order valence-electron chi connectivity index (χ1n) is 11.3. The van der Waals surface area contributed by atoms with Crippen molar-refractivity contribution in [2.45, 2.75) is 59.5 Å². The van der Waals surface area contributed by atoms with E-state index in [1.807, 2.05) is 42.2 Å². The maximum atomic E-state index is 13.3. The third-order valence-corrected chi connectivity index (χ3v) is 6.04. The van der Waals surface area contributed by atoms with Gasteiger partial charge in [0.15, 0.2) is 0 Å². The van der Waals surface area contributed by atoms with Crippen LogP contribution < -0.4 is 0 Å². The molecular formula is C25H36N2O3S. The molecule has 0 aliphatic heterocycles. The average molecular weight is 445 g/mol. The summed E-state index contributed by atoms with van der Waals surface area (Å²) >= 11 is 1.71. The van der Waals surface area contributed by atoms with Crippen molar-refractivity contribution in [2.24, 2.45) is 0 Å². The van der Waals surface area contributed by atoms with Crippen molar-refractivity contribution in [3.63, 3.8) is 0 Å². The predicted molar refractivity (Wildman–Crippen MR) is 127 cm³/mol. The average Bonchev–Trinajstić information content (AvgIpc) is 3.18. The summed E-state index contributed by atoms with van der Waals surface area (Å²) in [5, 5.41) is 0. The summed E-state index contributed by atoms with van der Waals surface area (Å²) in [6.45, 7) is 9.12. The van der Waals surface area contributed by atoms with E-state index in [2.05, 4.69) is 26.0 Å². The Labute approximate surface area is 191 Å². The minimum atomic E-state index is -0.0174. The van der Waals surface area contributed by atoms with Gasteiger partial charge in [0.05, 0.1) is 13.1 Å². The molecule has 1 heterocycles. The van der Waals surface area contributed by atoms with Crippen LogP contribution >= 0.6 is 11.3 Å². The normalized spacial score (nSPS) is 10.8. The van der Waals surface area contributed by atoms with Crippen molar-refractivity contribution < 1.29 is 14.3 Å². The molecule has 1 aromatic carbocycles. The molecule has 0 saturated heterocycles. The number of hydrogen-bond acceptors (Lipinski definition) is 4. The highest BCUT2D eigenvalue weighted by molar-refractivity contribution is 7.11. The van der Waals surface area contributed by atoms with Crippen molar-refractivity contribution in [3.8, 4) is 0 Å². The van der Waals surface area contributed by atoms with Crippen molar-refractivity contribution in [3.05, 3.63) is 57.8 Å². The number of thiophene rings is 1. The van der Waals surface area contributed by atoms with Crippen LogP contribution in [0.3, 0.4) is 0 Å². The molecule has 0 saturated carbocycles. The molecule has 0 spiro atoms. The third-order valence-electron chi connectivity index (χ3n) is 5.06. The molecule has 31 heavy (non-hydrogen) atoms. The van der Waals surface area contributed by atoms with Gasteiger partial charge in [-0.3, -0.25) is 9.59 Å². The van der Waals surface area contributed by atoms with E-state index in [9.17, 15) is 9.59 Å². The molecule has 170 valence electrons. The fourth-order valence-electron chi connectivity index (χ4n) is 3.34. The Morgan fingerprint density at radius 1 is 0.935 bits per heavy atom. The summed E-state index contributed by atoms with van der Waals surface area (Å²) in [5.41, 5.74) is 1.09. The van der Waals surface area contributed by atoms with E-state index in [0.717, 1.165) is 29.7 Å². The first-order chi connectivity index (χ1) is 15.0. The van der Waals surface area contributed by atoms with Crippen LogP contribution in [0, 0.1) is 6.92 Å². The molecule has 2 amide bonds. The standard InChI is InChI=1S/C25H36N2O3S/c1-4-6-13-24(28)26(16-10-17-30-5-2)20-25(29)27(18-22-11-8-7-9-12-22)19-23-15-14-21(3)31-23/h7-9,11-12,14-15H,4-6,10,13,16-20H2,1-3H3. The zero-order chi connectivity index (χ0) is 22.5. The summed E-state index contributed by atoms with van der Waals surface area (Å²) < 4.78 is 5.43. The number of aryl methyl sites for hydroxylation is 1. The van der Waals surface area contributed by atoms with E-state index in [1.165, 1.54) is 4.88 Å². The molecule has 0 N–H and O–H groups in total. The van der Waals surface area contributed by atoms with Gasteiger partial charge in [-0.25, -0.2) is 0 Å². The monoisotopic (exact) mass is 444 g/mol. The minimum Gasteiger partial charge on any atom is -0.382 e. The second kappa shape index (κ2) is 14.0. The molecule has 2 aromatic rings. The zero-order valence-electron chi connectivity index (χ0n) is 19.1. The summed E-state index contributed by atoms with van der Waals surface area (Å²) in [4.78, 5) is 32.1. The molecule has 0 aliphatic rings. The summed E-state index contributed by atoms with van der Waals surface area (Å²) in [5.74, 6) is 0.0366. The van der Waals surface area contributed by atoms with Crippen molar-refractivity contribution in [1.29, 1.82) is 0 Å². The van der Waals surface area contributed by atoms with Crippen LogP contribution in [0.5, 0.6) is 0 Å². The van der Waals surface area contributed by atoms with Gasteiger partial charge in [0.1, 0.15) is 0 Å². The molecule has 0 unspecified atom stereocenters. The molecule has 2 rings (SSSR count). The van der Waals surface area contributed by atoms with Gasteiger partial charge in [-0.05, 0) is 44.4 Å². The zero-order valence-corrected chi connectivity index (χ0v) is 20.0. The highest BCUT2D eigenvalue weighted by Crippen LogP contribution is 2.19. The van der Waals surface area contributed by atoms with Crippen LogP contribution in [0.25, 0.3) is 0 Å². The number of rotatable bonds is 14. The largest absolute Gasteiger partial charge is 0.382 e. The van der Waals surface area contributed by atoms with E-state index in [0.29, 0.717) is 39.3 Å². The van der Waals surface area contributed by atoms with Crippen LogP contribution in [0.15, 0.2) is 42.5 Å². The molecule has 5 nitrogen and oxygen atoms in total. The van der Waals surface area contributed by atoms with E-state index in [1.54, 1.807) is 16.2 Å². The van der Waals surface area contributed by atoms with Crippen LogP contribution in [0.2, 0.25) is 0 Å². The fourth-order valence-corrected chi connectivity index (χ4v) is 4.24. The first kappa shape index (κ1) is 25.1. The maximum absolute atomic E-state index is 13.3. The van der Waals surface area contributed by atoms with Gasteiger partial charge < -0.3 is 14.5 Å². The van der Waals surface area contributed by atoms with Gasteiger partial charge in [0, 0.05) is 42.5 Å². The number of hydrogen-bond donors (Lipinski definition) is 0. The summed E-state index contributed by atoms with van der Waals surface area (Å²) in [6, 6.07) is 14.2. The SMILES string of the molecule is CCCCC(=O)N(CCCOCC)CC(=O)N(Cc1ccccc1)Cc1ccc(C)s1. The lowest BCUT2D eigenvalue weighted by Gasteiger charge is -2.28. The number of amides is 2. The second-order valence-corrected chi connectivity index (χ2v) is 9.09. The Morgan fingerprint density at radius 2 is 1.71 bits per heavy atom. The lowest BCUT2D eigenvalue weighted by molar-refractivity contribution is -0.141. The number of carbonyl (C=O) groups excluding carboxylic acids is 2. The Bertz CT molecular complexity index is 791.